The monoisotopic (exact) mass is 406 g/mol. The number of para-hydroxylation sites is 3. The standard InChI is InChI=1S/C23H22N2O3S/c1-25(22(26)15-28-20-11-6-5-10-19(20)27-2)23(21-12-7-13-29-21)17-14-24-18-9-4-3-8-16(17)18/h3-14,23-24H,15H2,1-2H3/t23-/m1/s1. The van der Waals surface area contributed by atoms with Crippen molar-refractivity contribution in [2.24, 2.45) is 0 Å². The molecule has 1 atom stereocenters. The van der Waals surface area contributed by atoms with Gasteiger partial charge >= 0.3 is 0 Å². The Morgan fingerprint density at radius 3 is 2.59 bits per heavy atom. The number of methoxy groups -OCH3 is 1. The number of aromatic nitrogens is 1. The number of rotatable bonds is 7. The summed E-state index contributed by atoms with van der Waals surface area (Å²) in [6.07, 6.45) is 1.99. The molecule has 4 aromatic rings. The lowest BCUT2D eigenvalue weighted by atomic mass is 10.0. The first-order valence-electron chi connectivity index (χ1n) is 9.30. The van der Waals surface area contributed by atoms with Crippen molar-refractivity contribution in [2.75, 3.05) is 20.8 Å². The Morgan fingerprint density at radius 2 is 1.83 bits per heavy atom. The summed E-state index contributed by atoms with van der Waals surface area (Å²) >= 11 is 1.64. The summed E-state index contributed by atoms with van der Waals surface area (Å²) in [5.74, 6) is 1.05. The van der Waals surface area contributed by atoms with E-state index in [9.17, 15) is 4.79 Å². The van der Waals surface area contributed by atoms with Gasteiger partial charge in [-0.05, 0) is 29.6 Å². The summed E-state index contributed by atoms with van der Waals surface area (Å²) in [5, 5.41) is 3.14. The maximum Gasteiger partial charge on any atom is 0.261 e. The van der Waals surface area contributed by atoms with Crippen molar-refractivity contribution >= 4 is 28.1 Å². The van der Waals surface area contributed by atoms with Crippen LogP contribution in [0.5, 0.6) is 11.5 Å². The molecular formula is C23H22N2O3S. The smallest absolute Gasteiger partial charge is 0.261 e. The van der Waals surface area contributed by atoms with Crippen LogP contribution in [0.15, 0.2) is 72.2 Å². The largest absolute Gasteiger partial charge is 0.493 e. The number of carbonyl (C=O) groups excluding carboxylic acids is 1. The third-order valence-electron chi connectivity index (χ3n) is 4.93. The van der Waals surface area contributed by atoms with E-state index in [0.717, 1.165) is 21.3 Å². The number of hydrogen-bond donors (Lipinski definition) is 1. The molecule has 0 aliphatic heterocycles. The fraction of sp³-hybridized carbons (Fsp3) is 0.174. The van der Waals surface area contributed by atoms with Crippen molar-refractivity contribution in [3.8, 4) is 11.5 Å². The van der Waals surface area contributed by atoms with Crippen molar-refractivity contribution in [3.63, 3.8) is 0 Å². The number of thiophene rings is 1. The van der Waals surface area contributed by atoms with E-state index < -0.39 is 0 Å². The highest BCUT2D eigenvalue weighted by atomic mass is 32.1. The van der Waals surface area contributed by atoms with Crippen molar-refractivity contribution in [1.82, 2.24) is 9.88 Å². The number of fused-ring (bicyclic) bond motifs is 1. The van der Waals surface area contributed by atoms with Crippen molar-refractivity contribution in [2.45, 2.75) is 6.04 Å². The number of ether oxygens (including phenoxy) is 2. The minimum absolute atomic E-state index is 0.0683. The van der Waals surface area contributed by atoms with E-state index >= 15 is 0 Å². The molecule has 1 amide bonds. The molecule has 0 bridgehead atoms. The molecule has 0 saturated heterocycles. The zero-order valence-corrected chi connectivity index (χ0v) is 17.1. The van der Waals surface area contributed by atoms with Gasteiger partial charge in [-0.1, -0.05) is 36.4 Å². The molecule has 4 rings (SSSR count). The van der Waals surface area contributed by atoms with Crippen molar-refractivity contribution in [1.29, 1.82) is 0 Å². The van der Waals surface area contributed by atoms with E-state index in [-0.39, 0.29) is 18.6 Å². The number of hydrogen-bond acceptors (Lipinski definition) is 4. The number of amides is 1. The van der Waals surface area contributed by atoms with Gasteiger partial charge in [0.15, 0.2) is 18.1 Å². The highest BCUT2D eigenvalue weighted by Gasteiger charge is 2.27. The van der Waals surface area contributed by atoms with Crippen LogP contribution in [0, 0.1) is 0 Å². The minimum atomic E-state index is -0.195. The Kier molecular flexibility index (Phi) is 5.53. The van der Waals surface area contributed by atoms with E-state index in [1.54, 1.807) is 29.4 Å². The first-order chi connectivity index (χ1) is 14.2. The summed E-state index contributed by atoms with van der Waals surface area (Å²) in [4.78, 5) is 19.2. The molecule has 6 heteroatoms. The van der Waals surface area contributed by atoms with E-state index in [1.807, 2.05) is 61.1 Å². The Labute approximate surface area is 173 Å². The zero-order chi connectivity index (χ0) is 20.2. The van der Waals surface area contributed by atoms with E-state index in [2.05, 4.69) is 17.1 Å². The average Bonchev–Trinajstić information content (AvgIpc) is 3.43. The SMILES string of the molecule is COc1ccccc1OCC(=O)N(C)[C@@H](c1cccs1)c1c[nH]c2ccccc12. The molecule has 0 saturated carbocycles. The van der Waals surface area contributed by atoms with Crippen LogP contribution in [0.4, 0.5) is 0 Å². The second-order valence-electron chi connectivity index (χ2n) is 6.65. The minimum Gasteiger partial charge on any atom is -0.493 e. The van der Waals surface area contributed by atoms with Gasteiger partial charge in [-0.3, -0.25) is 4.79 Å². The molecule has 29 heavy (non-hydrogen) atoms. The summed E-state index contributed by atoms with van der Waals surface area (Å²) < 4.78 is 11.1. The molecule has 1 N–H and O–H groups in total. The van der Waals surface area contributed by atoms with Gasteiger partial charge in [0.05, 0.1) is 13.2 Å². The maximum absolute atomic E-state index is 13.0. The third kappa shape index (κ3) is 3.84. The van der Waals surface area contributed by atoms with Gasteiger partial charge in [0.2, 0.25) is 0 Å². The molecule has 2 aromatic heterocycles. The van der Waals surface area contributed by atoms with E-state index in [0.29, 0.717) is 11.5 Å². The lowest BCUT2D eigenvalue weighted by Crippen LogP contribution is -2.35. The maximum atomic E-state index is 13.0. The Balaban J connectivity index is 1.60. The second kappa shape index (κ2) is 8.41. The average molecular weight is 407 g/mol. The normalized spacial score (nSPS) is 11.9. The molecule has 0 aliphatic rings. The van der Waals surface area contributed by atoms with Crippen molar-refractivity contribution < 1.29 is 14.3 Å². The number of carbonyl (C=O) groups is 1. The van der Waals surface area contributed by atoms with Crippen LogP contribution < -0.4 is 9.47 Å². The molecule has 0 unspecified atom stereocenters. The highest BCUT2D eigenvalue weighted by Crippen LogP contribution is 2.35. The summed E-state index contributed by atoms with van der Waals surface area (Å²) in [5.41, 5.74) is 2.12. The van der Waals surface area contributed by atoms with Crippen LogP contribution in [-0.4, -0.2) is 36.6 Å². The topological polar surface area (TPSA) is 54.6 Å². The molecule has 0 aliphatic carbocycles. The number of likely N-dealkylation sites (N-methyl/N-ethyl adjacent to an activating group) is 1. The van der Waals surface area contributed by atoms with Crippen molar-refractivity contribution in [3.05, 3.63) is 82.7 Å². The first-order valence-corrected chi connectivity index (χ1v) is 10.2. The van der Waals surface area contributed by atoms with Crippen LogP contribution in [0.1, 0.15) is 16.5 Å². The Morgan fingerprint density at radius 1 is 1.07 bits per heavy atom. The summed E-state index contributed by atoms with van der Waals surface area (Å²) in [7, 11) is 3.40. The molecule has 5 nitrogen and oxygen atoms in total. The predicted octanol–water partition coefficient (Wildman–Crippen LogP) is 4.86. The van der Waals surface area contributed by atoms with E-state index in [4.69, 9.17) is 9.47 Å². The molecule has 0 spiro atoms. The lowest BCUT2D eigenvalue weighted by Gasteiger charge is -2.27. The van der Waals surface area contributed by atoms with E-state index in [1.165, 1.54) is 0 Å². The Hall–Kier alpha value is -3.25. The van der Waals surface area contributed by atoms with Gasteiger partial charge < -0.3 is 19.4 Å². The molecule has 0 radical (unpaired) electrons. The van der Waals surface area contributed by atoms with Crippen LogP contribution in [0.2, 0.25) is 0 Å². The molecule has 2 heterocycles. The summed E-state index contributed by atoms with van der Waals surface area (Å²) in [6.45, 7) is -0.0683. The number of benzene rings is 2. The molecule has 2 aromatic carbocycles. The zero-order valence-electron chi connectivity index (χ0n) is 16.3. The van der Waals surface area contributed by atoms with Crippen LogP contribution in [-0.2, 0) is 4.79 Å². The van der Waals surface area contributed by atoms with Gasteiger partial charge in [-0.15, -0.1) is 11.3 Å². The lowest BCUT2D eigenvalue weighted by molar-refractivity contribution is -0.133. The fourth-order valence-corrected chi connectivity index (χ4v) is 4.33. The van der Waals surface area contributed by atoms with Gasteiger partial charge in [0.25, 0.3) is 5.91 Å². The van der Waals surface area contributed by atoms with Crippen LogP contribution in [0.25, 0.3) is 10.9 Å². The van der Waals surface area contributed by atoms with Crippen LogP contribution in [0.3, 0.4) is 0 Å². The Bertz CT molecular complexity index is 1100. The number of nitrogens with one attached hydrogen (secondary N) is 1. The molecule has 148 valence electrons. The predicted molar refractivity (Wildman–Crippen MR) is 116 cm³/mol. The third-order valence-corrected chi connectivity index (χ3v) is 5.85. The fourth-order valence-electron chi connectivity index (χ4n) is 3.44. The van der Waals surface area contributed by atoms with Gasteiger partial charge in [-0.2, -0.15) is 0 Å². The molecule has 0 fully saturated rings. The highest BCUT2D eigenvalue weighted by molar-refractivity contribution is 7.10. The second-order valence-corrected chi connectivity index (χ2v) is 7.63. The summed E-state index contributed by atoms with van der Waals surface area (Å²) in [6, 6.07) is 19.3. The van der Waals surface area contributed by atoms with Gasteiger partial charge in [0.1, 0.15) is 0 Å². The molecular weight excluding hydrogens is 384 g/mol. The first kappa shape index (κ1) is 19.1. The number of aromatic amines is 1. The van der Waals surface area contributed by atoms with Gasteiger partial charge in [0, 0.05) is 34.6 Å². The quantitative estimate of drug-likeness (QED) is 0.477. The van der Waals surface area contributed by atoms with Gasteiger partial charge in [-0.25, -0.2) is 0 Å². The number of nitrogens with zero attached hydrogens (tertiary/aromatic N) is 1. The van der Waals surface area contributed by atoms with Crippen LogP contribution >= 0.6 is 11.3 Å². The number of H-pyrrole nitrogens is 1.